The van der Waals surface area contributed by atoms with Gasteiger partial charge in [-0.25, -0.2) is 0 Å². The number of hydrogen-bond acceptors (Lipinski definition) is 1. The van der Waals surface area contributed by atoms with E-state index in [0.29, 0.717) is 0 Å². The summed E-state index contributed by atoms with van der Waals surface area (Å²) in [6.45, 7) is 14.7. The average molecular weight is 770 g/mol. The van der Waals surface area contributed by atoms with Crippen LogP contribution in [0, 0.1) is 0 Å². The molecule has 0 aromatic heterocycles. The summed E-state index contributed by atoms with van der Waals surface area (Å²) in [5.41, 5.74) is 21.9. The molecule has 0 N–H and O–H groups in total. The van der Waals surface area contributed by atoms with Crippen LogP contribution in [0.3, 0.4) is 0 Å². The van der Waals surface area contributed by atoms with Gasteiger partial charge in [0.1, 0.15) is 0 Å². The molecule has 3 heterocycles. The monoisotopic (exact) mass is 769 g/mol. The van der Waals surface area contributed by atoms with Crippen LogP contribution in [0.1, 0.15) is 74.9 Å². The van der Waals surface area contributed by atoms with Crippen LogP contribution < -0.4 is 4.90 Å². The summed E-state index contributed by atoms with van der Waals surface area (Å²) >= 11 is 0. The van der Waals surface area contributed by atoms with Gasteiger partial charge in [0.05, 0.1) is 17.1 Å². The minimum Gasteiger partial charge on any atom is -0.309 e. The zero-order valence-electron chi connectivity index (χ0n) is 35.2. The van der Waals surface area contributed by atoms with Gasteiger partial charge in [-0.2, -0.15) is 0 Å². The van der Waals surface area contributed by atoms with E-state index in [1.54, 1.807) is 0 Å². The molecule has 60 heavy (non-hydrogen) atoms. The van der Waals surface area contributed by atoms with Crippen molar-refractivity contribution in [3.05, 3.63) is 209 Å². The Kier molecular flexibility index (Phi) is 7.16. The molecule has 3 aliphatic heterocycles. The van der Waals surface area contributed by atoms with E-state index in [2.05, 4.69) is 222 Å². The zero-order chi connectivity index (χ0) is 40.7. The smallest absolute Gasteiger partial charge is 0.0544 e. The first-order valence-corrected chi connectivity index (χ1v) is 21.5. The summed E-state index contributed by atoms with van der Waals surface area (Å²) in [4.78, 5) is 2.68. The second-order valence-electron chi connectivity index (χ2n) is 19.0. The zero-order valence-corrected chi connectivity index (χ0v) is 35.2. The fourth-order valence-corrected chi connectivity index (χ4v) is 11.2. The number of para-hydroxylation sites is 1. The van der Waals surface area contributed by atoms with Gasteiger partial charge < -0.3 is 4.90 Å². The normalized spacial score (nSPS) is 15.9. The Balaban J connectivity index is 1.04. The third-order valence-corrected chi connectivity index (χ3v) is 14.6. The molecule has 0 spiro atoms. The van der Waals surface area contributed by atoms with Gasteiger partial charge in [-0.3, -0.25) is 0 Å². The molecule has 0 atom stereocenters. The highest BCUT2D eigenvalue weighted by molar-refractivity contribution is 6.01. The minimum atomic E-state index is -0.265. The van der Waals surface area contributed by atoms with Gasteiger partial charge in [0.2, 0.25) is 0 Å². The molecule has 1 nitrogen and oxygen atoms in total. The van der Waals surface area contributed by atoms with Gasteiger partial charge in [0, 0.05) is 16.2 Å². The van der Waals surface area contributed by atoms with Crippen molar-refractivity contribution in [3.63, 3.8) is 0 Å². The van der Waals surface area contributed by atoms with E-state index in [9.17, 15) is 0 Å². The van der Waals surface area contributed by atoms with Gasteiger partial charge in [-0.15, -0.1) is 0 Å². The van der Waals surface area contributed by atoms with Crippen molar-refractivity contribution in [1.29, 1.82) is 0 Å². The quantitative estimate of drug-likeness (QED) is 0.172. The maximum absolute atomic E-state index is 2.68. The molecule has 0 aliphatic carbocycles. The summed E-state index contributed by atoms with van der Waals surface area (Å²) in [6.07, 6.45) is 0. The van der Waals surface area contributed by atoms with Crippen molar-refractivity contribution in [1.82, 2.24) is 0 Å². The Labute approximate surface area is 353 Å². The molecular weight excluding hydrogens is 723 g/mol. The highest BCUT2D eigenvalue weighted by Crippen LogP contribution is 2.67. The second kappa shape index (κ2) is 12.2. The van der Waals surface area contributed by atoms with E-state index in [-0.39, 0.29) is 16.2 Å². The molecule has 12 rings (SSSR count). The van der Waals surface area contributed by atoms with Crippen LogP contribution in [0.15, 0.2) is 176 Å². The minimum absolute atomic E-state index is 0.197. The Hall–Kier alpha value is -6.70. The van der Waals surface area contributed by atoms with Gasteiger partial charge >= 0.3 is 0 Å². The number of anilines is 3. The highest BCUT2D eigenvalue weighted by atomic mass is 15.2. The van der Waals surface area contributed by atoms with Crippen molar-refractivity contribution in [2.75, 3.05) is 4.90 Å². The third-order valence-electron chi connectivity index (χ3n) is 14.6. The molecule has 0 saturated carbocycles. The van der Waals surface area contributed by atoms with E-state index < -0.39 is 0 Å². The van der Waals surface area contributed by atoms with E-state index in [4.69, 9.17) is 0 Å². The lowest BCUT2D eigenvalue weighted by Crippen LogP contribution is -2.43. The first-order valence-electron chi connectivity index (χ1n) is 21.5. The van der Waals surface area contributed by atoms with Crippen LogP contribution in [0.4, 0.5) is 17.1 Å². The van der Waals surface area contributed by atoms with Gasteiger partial charge in [-0.1, -0.05) is 193 Å². The van der Waals surface area contributed by atoms with Crippen LogP contribution in [0.25, 0.3) is 66.1 Å². The molecule has 0 bridgehead atoms. The van der Waals surface area contributed by atoms with Gasteiger partial charge in [0.25, 0.3) is 0 Å². The molecule has 9 aromatic rings. The van der Waals surface area contributed by atoms with Gasteiger partial charge in [-0.05, 0) is 124 Å². The summed E-state index contributed by atoms with van der Waals surface area (Å²) in [6, 6.07) is 66.3. The summed E-state index contributed by atoms with van der Waals surface area (Å²) < 4.78 is 0. The van der Waals surface area contributed by atoms with E-state index in [1.807, 2.05) is 0 Å². The van der Waals surface area contributed by atoms with Crippen molar-refractivity contribution in [2.24, 2.45) is 0 Å². The van der Waals surface area contributed by atoms with Crippen molar-refractivity contribution in [3.8, 4) is 44.5 Å². The molecule has 0 radical (unpaired) electrons. The van der Waals surface area contributed by atoms with E-state index in [0.717, 1.165) is 0 Å². The lowest BCUT2D eigenvalue weighted by atomic mass is 9.60. The molecule has 0 saturated heterocycles. The topological polar surface area (TPSA) is 3.24 Å². The van der Waals surface area contributed by atoms with Crippen LogP contribution in [0.5, 0.6) is 0 Å². The number of rotatable bonds is 4. The van der Waals surface area contributed by atoms with E-state index in [1.165, 1.54) is 116 Å². The third kappa shape index (κ3) is 4.75. The van der Waals surface area contributed by atoms with Crippen LogP contribution in [0.2, 0.25) is 0 Å². The SMILES string of the molecule is CC1(C)c2cccc3c2N2c4c1cc(-c1ccc(-c5cccc6ccccc56)cc1)cc4C(C)(C)c1cc(-c4ccc(-c5cccc6ccccc56)cc4)cc(c12)C3(C)C. The predicted octanol–water partition coefficient (Wildman–Crippen LogP) is 16.0. The number of nitrogens with zero attached hydrogens (tertiary/aromatic N) is 1. The molecule has 9 aromatic carbocycles. The molecule has 0 amide bonds. The van der Waals surface area contributed by atoms with Crippen LogP contribution >= 0.6 is 0 Å². The fourth-order valence-electron chi connectivity index (χ4n) is 11.2. The maximum atomic E-state index is 2.68. The average Bonchev–Trinajstić information content (AvgIpc) is 3.27. The summed E-state index contributed by atoms with van der Waals surface area (Å²) in [5, 5.41) is 5.11. The molecule has 1 heteroatoms. The summed E-state index contributed by atoms with van der Waals surface area (Å²) in [7, 11) is 0. The number of fused-ring (bicyclic) bond motifs is 2. The number of hydrogen-bond donors (Lipinski definition) is 0. The van der Waals surface area contributed by atoms with Crippen molar-refractivity contribution in [2.45, 2.75) is 57.8 Å². The Morgan fingerprint density at radius 1 is 0.283 bits per heavy atom. The maximum Gasteiger partial charge on any atom is 0.0544 e. The largest absolute Gasteiger partial charge is 0.309 e. The van der Waals surface area contributed by atoms with Crippen LogP contribution in [-0.4, -0.2) is 0 Å². The first kappa shape index (κ1) is 35.3. The Morgan fingerprint density at radius 3 is 1.02 bits per heavy atom. The highest BCUT2D eigenvalue weighted by Gasteiger charge is 2.52. The molecule has 0 fully saturated rings. The predicted molar refractivity (Wildman–Crippen MR) is 254 cm³/mol. The standard InChI is InChI=1S/C59H47N/c1-57(2)48-22-13-23-49-54(48)60-55-50(57)32-42(36-24-28-40(29-25-36)46-20-11-16-38-14-7-9-18-44(38)46)34-52(55)59(5,6)53-35-43(33-51(56(53)60)58(49,3)4)37-26-30-41(31-27-37)47-21-12-17-39-15-8-10-19-45(39)47/h7-35H,1-6H3. The van der Waals surface area contributed by atoms with Crippen LogP contribution in [-0.2, 0) is 16.2 Å². The molecule has 288 valence electrons. The van der Waals surface area contributed by atoms with Crippen molar-refractivity contribution >= 4 is 38.6 Å². The summed E-state index contributed by atoms with van der Waals surface area (Å²) in [5.74, 6) is 0. The lowest BCUT2D eigenvalue weighted by molar-refractivity contribution is 0.567. The van der Waals surface area contributed by atoms with Gasteiger partial charge in [0.15, 0.2) is 0 Å². The molecule has 0 unspecified atom stereocenters. The lowest BCUT2D eigenvalue weighted by Gasteiger charge is -2.55. The second-order valence-corrected chi connectivity index (χ2v) is 19.0. The van der Waals surface area contributed by atoms with Crippen molar-refractivity contribution < 1.29 is 0 Å². The number of benzene rings is 9. The molecule has 3 aliphatic rings. The Bertz CT molecular complexity index is 3040. The first-order chi connectivity index (χ1) is 29.0. The van der Waals surface area contributed by atoms with E-state index >= 15 is 0 Å². The fraction of sp³-hybridized carbons (Fsp3) is 0.153. The Morgan fingerprint density at radius 2 is 0.600 bits per heavy atom. The molecular formula is C59H47N.